The van der Waals surface area contributed by atoms with Gasteiger partial charge in [0.2, 0.25) is 18.4 Å². The molecule has 25 heavy (non-hydrogen) atoms. The molecule has 2 aromatic rings. The van der Waals surface area contributed by atoms with Crippen molar-refractivity contribution in [1.29, 1.82) is 0 Å². The third kappa shape index (κ3) is 6.81. The molecule has 0 amide bonds. The summed E-state index contributed by atoms with van der Waals surface area (Å²) in [5, 5.41) is 0. The Morgan fingerprint density at radius 1 is 0.760 bits per heavy atom. The molecule has 0 N–H and O–H groups in total. The first-order valence-electron chi connectivity index (χ1n) is 7.47. The molecule has 0 radical (unpaired) electrons. The van der Waals surface area contributed by atoms with Gasteiger partial charge in [0, 0.05) is 0 Å². The number of ether oxygens (including phenoxy) is 3. The van der Waals surface area contributed by atoms with Crippen LogP contribution in [0, 0.1) is 0 Å². The minimum Gasteiger partial charge on any atom is -0.489 e. The van der Waals surface area contributed by atoms with Gasteiger partial charge in [-0.25, -0.2) is 9.59 Å². The van der Waals surface area contributed by atoms with E-state index in [-0.39, 0.29) is 13.2 Å². The van der Waals surface area contributed by atoms with Gasteiger partial charge >= 0.3 is 0 Å². The molecule has 0 fully saturated rings. The van der Waals surface area contributed by atoms with Crippen LogP contribution in [0.4, 0.5) is 0 Å². The lowest BCUT2D eigenvalue weighted by Crippen LogP contribution is -2.27. The van der Waals surface area contributed by atoms with E-state index in [1.165, 1.54) is 12.2 Å². The molecule has 0 saturated carbocycles. The van der Waals surface area contributed by atoms with E-state index in [0.717, 1.165) is 0 Å². The van der Waals surface area contributed by atoms with Crippen LogP contribution >= 0.6 is 0 Å². The van der Waals surface area contributed by atoms with Crippen molar-refractivity contribution in [2.75, 3.05) is 13.2 Å². The largest absolute Gasteiger partial charge is 0.489 e. The highest BCUT2D eigenvalue weighted by Crippen LogP contribution is 2.13. The number of carbonyl (C=O) groups excluding carboxylic acids is 2. The fourth-order valence-electron chi connectivity index (χ4n) is 1.87. The van der Waals surface area contributed by atoms with Gasteiger partial charge in [-0.05, 0) is 24.3 Å². The fraction of sp³-hybridized carbons (Fsp3) is 0.222. The first-order chi connectivity index (χ1) is 12.3. The molecule has 0 bridgehead atoms. The molecule has 0 aliphatic heterocycles. The fourth-order valence-corrected chi connectivity index (χ4v) is 1.87. The van der Waals surface area contributed by atoms with Crippen LogP contribution in [0.1, 0.15) is 0 Å². The van der Waals surface area contributed by atoms with Gasteiger partial charge in [0.1, 0.15) is 24.7 Å². The molecule has 0 heterocycles. The summed E-state index contributed by atoms with van der Waals surface area (Å²) in [4.78, 5) is 28.2. The lowest BCUT2D eigenvalue weighted by Gasteiger charge is -2.17. The maximum absolute atomic E-state index is 10.5. The number of hydrogen-bond acceptors (Lipinski definition) is 7. The highest BCUT2D eigenvalue weighted by molar-refractivity contribution is 5.34. The van der Waals surface area contributed by atoms with E-state index in [0.29, 0.717) is 11.5 Å². The van der Waals surface area contributed by atoms with Crippen LogP contribution in [-0.4, -0.2) is 37.8 Å². The second kappa shape index (κ2) is 10.5. The Morgan fingerprint density at radius 2 is 1.32 bits per heavy atom. The normalized spacial score (nSPS) is 12.2. The predicted molar refractivity (Wildman–Crippen MR) is 88.8 cm³/mol. The molecule has 7 nitrogen and oxygen atoms in total. The van der Waals surface area contributed by atoms with Gasteiger partial charge < -0.3 is 14.2 Å². The van der Waals surface area contributed by atoms with Crippen molar-refractivity contribution in [3.05, 3.63) is 60.7 Å². The Kier molecular flexibility index (Phi) is 7.62. The third-order valence-corrected chi connectivity index (χ3v) is 2.98. The predicted octanol–water partition coefficient (Wildman–Crippen LogP) is 2.48. The number of nitrogens with zero attached hydrogens (tertiary/aromatic N) is 2. The SMILES string of the molecule is O=C=NC(COc1ccccc1)OCC(N=C=O)Oc1ccccc1. The third-order valence-electron chi connectivity index (χ3n) is 2.98. The van der Waals surface area contributed by atoms with Crippen LogP contribution in [0.3, 0.4) is 0 Å². The zero-order valence-electron chi connectivity index (χ0n) is 13.3. The van der Waals surface area contributed by atoms with Crippen molar-refractivity contribution in [3.8, 4) is 11.5 Å². The Balaban J connectivity index is 1.90. The van der Waals surface area contributed by atoms with Gasteiger partial charge in [0.15, 0.2) is 6.23 Å². The van der Waals surface area contributed by atoms with E-state index >= 15 is 0 Å². The van der Waals surface area contributed by atoms with Gasteiger partial charge in [-0.1, -0.05) is 36.4 Å². The minimum atomic E-state index is -0.916. The summed E-state index contributed by atoms with van der Waals surface area (Å²) in [5.41, 5.74) is 0. The Bertz CT molecular complexity index is 726. The molecule has 7 heteroatoms. The lowest BCUT2D eigenvalue weighted by atomic mass is 10.3. The number of para-hydroxylation sites is 2. The molecule has 2 aromatic carbocycles. The van der Waals surface area contributed by atoms with E-state index in [9.17, 15) is 9.59 Å². The molecule has 2 rings (SSSR count). The van der Waals surface area contributed by atoms with E-state index in [4.69, 9.17) is 14.2 Å². The van der Waals surface area contributed by atoms with Crippen LogP contribution in [0.15, 0.2) is 70.6 Å². The Morgan fingerprint density at radius 3 is 1.92 bits per heavy atom. The van der Waals surface area contributed by atoms with Crippen LogP contribution in [-0.2, 0) is 14.3 Å². The van der Waals surface area contributed by atoms with Crippen molar-refractivity contribution >= 4 is 12.2 Å². The topological polar surface area (TPSA) is 86.5 Å². The van der Waals surface area contributed by atoms with Crippen LogP contribution < -0.4 is 9.47 Å². The zero-order chi connectivity index (χ0) is 17.7. The Hall–Kier alpha value is -3.24. The van der Waals surface area contributed by atoms with Crippen LogP contribution in [0.25, 0.3) is 0 Å². The second-order valence-electron chi connectivity index (χ2n) is 4.74. The number of isocyanates is 2. The molecule has 2 atom stereocenters. The lowest BCUT2D eigenvalue weighted by molar-refractivity contribution is -0.0131. The molecule has 0 aliphatic carbocycles. The van der Waals surface area contributed by atoms with Gasteiger partial charge in [-0.2, -0.15) is 9.98 Å². The molecule has 0 spiro atoms. The van der Waals surface area contributed by atoms with Gasteiger partial charge in [0.25, 0.3) is 0 Å². The monoisotopic (exact) mass is 340 g/mol. The molecule has 2 unspecified atom stereocenters. The van der Waals surface area contributed by atoms with Gasteiger partial charge in [-0.15, -0.1) is 0 Å². The summed E-state index contributed by atoms with van der Waals surface area (Å²) < 4.78 is 16.4. The second-order valence-corrected chi connectivity index (χ2v) is 4.74. The van der Waals surface area contributed by atoms with E-state index in [1.807, 2.05) is 24.3 Å². The average molecular weight is 340 g/mol. The standard InChI is InChI=1S/C18H16N2O5/c21-13-19-17(11-23-15-7-3-1-4-8-15)24-12-18(20-14-22)25-16-9-5-2-6-10-16/h1-10,17-18H,11-12H2. The summed E-state index contributed by atoms with van der Waals surface area (Å²) in [6.07, 6.45) is 1.05. The number of rotatable bonds is 10. The first kappa shape index (κ1) is 18.1. The van der Waals surface area contributed by atoms with E-state index < -0.39 is 12.5 Å². The quantitative estimate of drug-likeness (QED) is 0.490. The van der Waals surface area contributed by atoms with E-state index in [2.05, 4.69) is 9.98 Å². The summed E-state index contributed by atoms with van der Waals surface area (Å²) in [6, 6.07) is 17.8. The van der Waals surface area contributed by atoms with Crippen molar-refractivity contribution in [2.24, 2.45) is 9.98 Å². The summed E-state index contributed by atoms with van der Waals surface area (Å²) in [7, 11) is 0. The van der Waals surface area contributed by atoms with Crippen molar-refractivity contribution < 1.29 is 23.8 Å². The maximum Gasteiger partial charge on any atom is 0.238 e. The van der Waals surface area contributed by atoms with Crippen molar-refractivity contribution in [2.45, 2.75) is 12.5 Å². The highest BCUT2D eigenvalue weighted by atomic mass is 16.6. The maximum atomic E-state index is 10.5. The first-order valence-corrected chi connectivity index (χ1v) is 7.47. The highest BCUT2D eigenvalue weighted by Gasteiger charge is 2.15. The minimum absolute atomic E-state index is 0.00210. The number of hydrogen-bond donors (Lipinski definition) is 0. The van der Waals surface area contributed by atoms with Gasteiger partial charge in [-0.3, -0.25) is 0 Å². The summed E-state index contributed by atoms with van der Waals surface area (Å²) in [6.45, 7) is -0.111. The smallest absolute Gasteiger partial charge is 0.238 e. The molecule has 128 valence electrons. The van der Waals surface area contributed by atoms with Crippen molar-refractivity contribution in [1.82, 2.24) is 0 Å². The number of benzene rings is 2. The summed E-state index contributed by atoms with van der Waals surface area (Å²) in [5.74, 6) is 1.13. The number of aliphatic imine (C=N–C) groups is 2. The zero-order valence-corrected chi connectivity index (χ0v) is 13.3. The van der Waals surface area contributed by atoms with Crippen molar-refractivity contribution in [3.63, 3.8) is 0 Å². The molecule has 0 aliphatic rings. The van der Waals surface area contributed by atoms with Gasteiger partial charge in [0.05, 0.1) is 0 Å². The molecular weight excluding hydrogens is 324 g/mol. The van der Waals surface area contributed by atoms with Crippen LogP contribution in [0.5, 0.6) is 11.5 Å². The molecular formula is C18H16N2O5. The molecule has 0 aromatic heterocycles. The van der Waals surface area contributed by atoms with Crippen LogP contribution in [0.2, 0.25) is 0 Å². The Labute approximate surface area is 144 Å². The summed E-state index contributed by atoms with van der Waals surface area (Å²) >= 11 is 0. The molecule has 0 saturated heterocycles. The average Bonchev–Trinajstić information content (AvgIpc) is 2.65. The van der Waals surface area contributed by atoms with E-state index in [1.54, 1.807) is 36.4 Å².